The van der Waals surface area contributed by atoms with Crippen molar-refractivity contribution in [3.8, 4) is 11.5 Å². The van der Waals surface area contributed by atoms with E-state index in [2.05, 4.69) is 4.90 Å². The summed E-state index contributed by atoms with van der Waals surface area (Å²) < 4.78 is 10.7. The maximum absolute atomic E-state index is 13.4. The summed E-state index contributed by atoms with van der Waals surface area (Å²) in [6, 6.07) is 15.0. The predicted molar refractivity (Wildman–Crippen MR) is 139 cm³/mol. The first-order valence-electron chi connectivity index (χ1n) is 12.3. The minimum Gasteiger partial charge on any atom is -0.497 e. The molecule has 7 heteroatoms. The largest absolute Gasteiger partial charge is 0.497 e. The van der Waals surface area contributed by atoms with Crippen molar-refractivity contribution in [2.24, 2.45) is 0 Å². The Balaban J connectivity index is 1.65. The highest BCUT2D eigenvalue weighted by atomic mass is 16.5. The normalized spacial score (nSPS) is 14.2. The van der Waals surface area contributed by atoms with Crippen molar-refractivity contribution in [3.63, 3.8) is 0 Å². The summed E-state index contributed by atoms with van der Waals surface area (Å²) >= 11 is 0. The highest BCUT2D eigenvalue weighted by Crippen LogP contribution is 2.19. The Kier molecular flexibility index (Phi) is 10.2. The monoisotopic (exact) mass is 479 g/mol. The van der Waals surface area contributed by atoms with Gasteiger partial charge in [-0.3, -0.25) is 14.5 Å². The van der Waals surface area contributed by atoms with E-state index in [1.807, 2.05) is 65.3 Å². The summed E-state index contributed by atoms with van der Waals surface area (Å²) in [4.78, 5) is 31.7. The number of benzene rings is 2. The van der Waals surface area contributed by atoms with Gasteiger partial charge in [-0.1, -0.05) is 37.3 Å². The van der Waals surface area contributed by atoms with Gasteiger partial charge >= 0.3 is 0 Å². The lowest BCUT2D eigenvalue weighted by molar-refractivity contribution is -0.132. The first-order chi connectivity index (χ1) is 17.0. The molecule has 0 N–H and O–H groups in total. The number of rotatable bonds is 11. The highest BCUT2D eigenvalue weighted by Gasteiger charge is 2.22. The van der Waals surface area contributed by atoms with E-state index in [9.17, 15) is 9.59 Å². The summed E-state index contributed by atoms with van der Waals surface area (Å²) in [5.41, 5.74) is 1.60. The minimum absolute atomic E-state index is 0.0194. The molecule has 1 aliphatic heterocycles. The molecule has 0 aliphatic carbocycles. The van der Waals surface area contributed by atoms with Crippen molar-refractivity contribution in [1.29, 1.82) is 0 Å². The van der Waals surface area contributed by atoms with Crippen LogP contribution < -0.4 is 9.47 Å². The Labute approximate surface area is 208 Å². The highest BCUT2D eigenvalue weighted by molar-refractivity contribution is 5.94. The molecule has 2 aromatic carbocycles. The number of amides is 2. The number of carbonyl (C=O) groups is 2. The van der Waals surface area contributed by atoms with Gasteiger partial charge in [0.15, 0.2) is 0 Å². The van der Waals surface area contributed by atoms with Crippen LogP contribution in [0.1, 0.15) is 35.7 Å². The lowest BCUT2D eigenvalue weighted by atomic mass is 10.1. The number of ether oxygens (including phenoxy) is 2. The van der Waals surface area contributed by atoms with Crippen LogP contribution in [-0.4, -0.2) is 86.5 Å². The molecule has 1 heterocycles. The van der Waals surface area contributed by atoms with Crippen LogP contribution in [0.25, 0.3) is 6.08 Å². The molecule has 35 heavy (non-hydrogen) atoms. The van der Waals surface area contributed by atoms with Crippen molar-refractivity contribution < 1.29 is 19.1 Å². The second-order valence-electron chi connectivity index (χ2n) is 8.60. The Bertz CT molecular complexity index is 982. The van der Waals surface area contributed by atoms with Crippen molar-refractivity contribution in [3.05, 3.63) is 65.7 Å². The summed E-state index contributed by atoms with van der Waals surface area (Å²) in [6.07, 6.45) is 5.48. The van der Waals surface area contributed by atoms with E-state index < -0.39 is 0 Å². The van der Waals surface area contributed by atoms with E-state index in [1.165, 1.54) is 0 Å². The molecule has 0 saturated carbocycles. The van der Waals surface area contributed by atoms with E-state index >= 15 is 0 Å². The fourth-order valence-corrected chi connectivity index (χ4v) is 4.16. The molecule has 0 unspecified atom stereocenters. The van der Waals surface area contributed by atoms with Crippen molar-refractivity contribution in [1.82, 2.24) is 14.7 Å². The minimum atomic E-state index is -0.0194. The molecule has 0 spiro atoms. The molecule has 3 rings (SSSR count). The fourth-order valence-electron chi connectivity index (χ4n) is 4.16. The van der Waals surface area contributed by atoms with Crippen LogP contribution in [0.3, 0.4) is 0 Å². The lowest BCUT2D eigenvalue weighted by Gasteiger charge is -2.35. The first kappa shape index (κ1) is 26.3. The van der Waals surface area contributed by atoms with Gasteiger partial charge in [0.05, 0.1) is 14.2 Å². The topological polar surface area (TPSA) is 62.3 Å². The van der Waals surface area contributed by atoms with Crippen LogP contribution >= 0.6 is 0 Å². The molecule has 2 aromatic rings. The van der Waals surface area contributed by atoms with Gasteiger partial charge in [0.25, 0.3) is 5.91 Å². The third-order valence-electron chi connectivity index (χ3n) is 6.26. The third kappa shape index (κ3) is 7.59. The number of hydrogen-bond acceptors (Lipinski definition) is 5. The smallest absolute Gasteiger partial charge is 0.254 e. The molecular formula is C28H37N3O4. The van der Waals surface area contributed by atoms with E-state index in [0.29, 0.717) is 25.1 Å². The maximum Gasteiger partial charge on any atom is 0.254 e. The molecule has 0 bridgehead atoms. The molecule has 0 atom stereocenters. The molecule has 1 aliphatic rings. The van der Waals surface area contributed by atoms with Gasteiger partial charge in [0.2, 0.25) is 5.91 Å². The number of para-hydroxylation sites is 1. The van der Waals surface area contributed by atoms with E-state index in [0.717, 1.165) is 56.2 Å². The van der Waals surface area contributed by atoms with Crippen LogP contribution in [0.2, 0.25) is 0 Å². The fraction of sp³-hybridized carbons (Fsp3) is 0.429. The first-order valence-corrected chi connectivity index (χ1v) is 12.3. The number of piperazine rings is 1. The lowest BCUT2D eigenvalue weighted by Crippen LogP contribution is -2.50. The van der Waals surface area contributed by atoms with Crippen molar-refractivity contribution >= 4 is 17.9 Å². The van der Waals surface area contributed by atoms with Crippen LogP contribution in [0.5, 0.6) is 11.5 Å². The summed E-state index contributed by atoms with van der Waals surface area (Å²) in [5, 5.41) is 0. The maximum atomic E-state index is 13.4. The van der Waals surface area contributed by atoms with Gasteiger partial charge < -0.3 is 19.3 Å². The molecule has 1 fully saturated rings. The Morgan fingerprint density at radius 2 is 1.69 bits per heavy atom. The summed E-state index contributed by atoms with van der Waals surface area (Å²) in [7, 11) is 3.27. The zero-order chi connectivity index (χ0) is 25.0. The van der Waals surface area contributed by atoms with Gasteiger partial charge in [-0.05, 0) is 36.8 Å². The van der Waals surface area contributed by atoms with Gasteiger partial charge in [-0.25, -0.2) is 0 Å². The quantitative estimate of drug-likeness (QED) is 0.491. The molecular weight excluding hydrogens is 442 g/mol. The average Bonchev–Trinajstić information content (AvgIpc) is 2.91. The molecule has 2 amide bonds. The second-order valence-corrected chi connectivity index (χ2v) is 8.60. The SMILES string of the molecule is CCCC(=O)N1CCN(CCN(C/C=C/c2ccccc2OC)C(=O)c2ccc(OC)cc2)CC1. The van der Waals surface area contributed by atoms with E-state index in [4.69, 9.17) is 9.47 Å². The third-order valence-corrected chi connectivity index (χ3v) is 6.26. The van der Waals surface area contributed by atoms with Crippen LogP contribution in [0, 0.1) is 0 Å². The van der Waals surface area contributed by atoms with E-state index in [1.54, 1.807) is 26.4 Å². The van der Waals surface area contributed by atoms with Gasteiger partial charge in [0, 0.05) is 63.4 Å². The Morgan fingerprint density at radius 1 is 0.971 bits per heavy atom. The number of nitrogens with zero attached hydrogens (tertiary/aromatic N) is 3. The zero-order valence-corrected chi connectivity index (χ0v) is 21.1. The molecule has 0 radical (unpaired) electrons. The average molecular weight is 480 g/mol. The van der Waals surface area contributed by atoms with Crippen LogP contribution in [0.4, 0.5) is 0 Å². The van der Waals surface area contributed by atoms with Crippen LogP contribution in [-0.2, 0) is 4.79 Å². The predicted octanol–water partition coefficient (Wildman–Crippen LogP) is 3.80. The molecule has 1 saturated heterocycles. The number of carbonyl (C=O) groups excluding carboxylic acids is 2. The van der Waals surface area contributed by atoms with Crippen molar-refractivity contribution in [2.75, 3.05) is 60.0 Å². The molecule has 188 valence electrons. The van der Waals surface area contributed by atoms with Gasteiger partial charge in [-0.15, -0.1) is 0 Å². The number of methoxy groups -OCH3 is 2. The molecule has 7 nitrogen and oxygen atoms in total. The van der Waals surface area contributed by atoms with Gasteiger partial charge in [0.1, 0.15) is 11.5 Å². The standard InChI is InChI=1S/C28H37N3O4/c1-4-8-27(32)30-20-17-29(18-21-30)19-22-31(28(33)24-12-14-25(34-2)15-13-24)16-7-10-23-9-5-6-11-26(23)35-3/h5-7,9-15H,4,8,16-22H2,1-3H3/b10-7+. The van der Waals surface area contributed by atoms with Crippen molar-refractivity contribution in [2.45, 2.75) is 19.8 Å². The summed E-state index contributed by atoms with van der Waals surface area (Å²) in [5.74, 6) is 1.74. The number of hydrogen-bond donors (Lipinski definition) is 0. The van der Waals surface area contributed by atoms with Crippen LogP contribution in [0.15, 0.2) is 54.6 Å². The molecule has 0 aromatic heterocycles. The zero-order valence-electron chi connectivity index (χ0n) is 21.1. The Hall–Kier alpha value is -3.32. The second kappa shape index (κ2) is 13.5. The van der Waals surface area contributed by atoms with Gasteiger partial charge in [-0.2, -0.15) is 0 Å². The van der Waals surface area contributed by atoms with E-state index in [-0.39, 0.29) is 11.8 Å². The Morgan fingerprint density at radius 3 is 2.34 bits per heavy atom. The summed E-state index contributed by atoms with van der Waals surface area (Å²) in [6.45, 7) is 7.04.